The maximum absolute atomic E-state index is 4.54. The standard InChI is InChI=1S/C14H19N3/c1-17-10-9-16-14(17)12-6-4-11(5-7-12)13-3-2-8-15-13/h4-7,13,15H,2-3,8-10H2,1H3. The molecule has 3 nitrogen and oxygen atoms in total. The molecular formula is C14H19N3. The van der Waals surface area contributed by atoms with Crippen LogP contribution in [0.1, 0.15) is 30.0 Å². The van der Waals surface area contributed by atoms with Crippen molar-refractivity contribution in [1.29, 1.82) is 0 Å². The van der Waals surface area contributed by atoms with E-state index in [1.807, 2.05) is 0 Å². The molecule has 1 aromatic rings. The van der Waals surface area contributed by atoms with Crippen LogP contribution in [0, 0.1) is 0 Å². The topological polar surface area (TPSA) is 27.6 Å². The lowest BCUT2D eigenvalue weighted by Crippen LogP contribution is -2.23. The van der Waals surface area contributed by atoms with Crippen LogP contribution in [0.3, 0.4) is 0 Å². The van der Waals surface area contributed by atoms with E-state index in [0.29, 0.717) is 6.04 Å². The maximum atomic E-state index is 4.54. The third-order valence-electron chi connectivity index (χ3n) is 3.69. The van der Waals surface area contributed by atoms with Crippen molar-refractivity contribution in [3.05, 3.63) is 35.4 Å². The van der Waals surface area contributed by atoms with Crippen molar-refractivity contribution in [2.24, 2.45) is 4.99 Å². The molecule has 3 heteroatoms. The molecule has 90 valence electrons. The molecule has 1 aromatic carbocycles. The summed E-state index contributed by atoms with van der Waals surface area (Å²) in [7, 11) is 2.11. The summed E-state index contributed by atoms with van der Waals surface area (Å²) in [5.74, 6) is 1.14. The predicted molar refractivity (Wildman–Crippen MR) is 70.5 cm³/mol. The Morgan fingerprint density at radius 3 is 2.71 bits per heavy atom. The number of nitrogens with zero attached hydrogens (tertiary/aromatic N) is 2. The summed E-state index contributed by atoms with van der Waals surface area (Å²) in [6, 6.07) is 9.46. The van der Waals surface area contributed by atoms with Gasteiger partial charge in [-0.25, -0.2) is 0 Å². The smallest absolute Gasteiger partial charge is 0.130 e. The van der Waals surface area contributed by atoms with Crippen molar-refractivity contribution in [2.45, 2.75) is 18.9 Å². The van der Waals surface area contributed by atoms with Crippen molar-refractivity contribution in [1.82, 2.24) is 10.2 Å². The van der Waals surface area contributed by atoms with E-state index in [1.54, 1.807) is 0 Å². The molecule has 0 aromatic heterocycles. The van der Waals surface area contributed by atoms with E-state index in [9.17, 15) is 0 Å². The summed E-state index contributed by atoms with van der Waals surface area (Å²) >= 11 is 0. The molecule has 0 saturated carbocycles. The second-order valence-electron chi connectivity index (χ2n) is 4.90. The van der Waals surface area contributed by atoms with Crippen LogP contribution in [-0.4, -0.2) is 37.4 Å². The summed E-state index contributed by atoms with van der Waals surface area (Å²) in [6.07, 6.45) is 2.56. The normalized spacial score (nSPS) is 24.2. The highest BCUT2D eigenvalue weighted by molar-refractivity contribution is 5.99. The molecule has 0 spiro atoms. The Morgan fingerprint density at radius 2 is 2.12 bits per heavy atom. The minimum Gasteiger partial charge on any atom is -0.358 e. The van der Waals surface area contributed by atoms with Crippen LogP contribution in [0.4, 0.5) is 0 Å². The van der Waals surface area contributed by atoms with E-state index in [-0.39, 0.29) is 0 Å². The lowest BCUT2D eigenvalue weighted by Gasteiger charge is -2.15. The van der Waals surface area contributed by atoms with Gasteiger partial charge in [-0.3, -0.25) is 4.99 Å². The summed E-state index contributed by atoms with van der Waals surface area (Å²) in [6.45, 7) is 3.13. The molecule has 0 amide bonds. The summed E-state index contributed by atoms with van der Waals surface area (Å²) in [4.78, 5) is 6.77. The van der Waals surface area contributed by atoms with Crippen molar-refractivity contribution in [3.8, 4) is 0 Å². The monoisotopic (exact) mass is 229 g/mol. The molecule has 17 heavy (non-hydrogen) atoms. The van der Waals surface area contributed by atoms with Crippen LogP contribution in [0.5, 0.6) is 0 Å². The quantitative estimate of drug-likeness (QED) is 0.837. The van der Waals surface area contributed by atoms with E-state index in [0.717, 1.165) is 25.5 Å². The first kappa shape index (κ1) is 10.8. The number of rotatable bonds is 2. The Balaban J connectivity index is 1.80. The maximum Gasteiger partial charge on any atom is 0.130 e. The fourth-order valence-electron chi connectivity index (χ4n) is 2.68. The zero-order valence-corrected chi connectivity index (χ0v) is 10.3. The van der Waals surface area contributed by atoms with Gasteiger partial charge in [-0.05, 0) is 24.9 Å². The summed E-state index contributed by atoms with van der Waals surface area (Å²) in [5, 5.41) is 3.53. The molecule has 1 fully saturated rings. The Hall–Kier alpha value is -1.35. The van der Waals surface area contributed by atoms with Gasteiger partial charge in [0.25, 0.3) is 0 Å². The van der Waals surface area contributed by atoms with Crippen molar-refractivity contribution in [3.63, 3.8) is 0 Å². The second kappa shape index (κ2) is 4.49. The van der Waals surface area contributed by atoms with Crippen LogP contribution in [-0.2, 0) is 0 Å². The van der Waals surface area contributed by atoms with E-state index in [1.165, 1.54) is 24.0 Å². The largest absolute Gasteiger partial charge is 0.358 e. The summed E-state index contributed by atoms with van der Waals surface area (Å²) in [5.41, 5.74) is 2.65. The van der Waals surface area contributed by atoms with Gasteiger partial charge >= 0.3 is 0 Å². The fraction of sp³-hybridized carbons (Fsp3) is 0.500. The SMILES string of the molecule is CN1CCN=C1c1ccc(C2CCCN2)cc1. The number of aliphatic imine (C=N–C) groups is 1. The van der Waals surface area contributed by atoms with E-state index < -0.39 is 0 Å². The van der Waals surface area contributed by atoms with Gasteiger partial charge in [-0.15, -0.1) is 0 Å². The van der Waals surface area contributed by atoms with Crippen molar-refractivity contribution in [2.75, 3.05) is 26.7 Å². The molecule has 1 atom stereocenters. The van der Waals surface area contributed by atoms with Gasteiger partial charge in [0.15, 0.2) is 0 Å². The Kier molecular flexibility index (Phi) is 2.85. The molecule has 0 aliphatic carbocycles. The van der Waals surface area contributed by atoms with Gasteiger partial charge in [0.05, 0.1) is 6.54 Å². The Bertz CT molecular complexity index is 416. The van der Waals surface area contributed by atoms with E-state index in [2.05, 4.69) is 46.5 Å². The average Bonchev–Trinajstić information content (AvgIpc) is 3.00. The molecule has 1 saturated heterocycles. The lowest BCUT2D eigenvalue weighted by molar-refractivity contribution is 0.556. The van der Waals surface area contributed by atoms with Crippen LogP contribution in [0.25, 0.3) is 0 Å². The third-order valence-corrected chi connectivity index (χ3v) is 3.69. The van der Waals surface area contributed by atoms with Gasteiger partial charge in [-0.2, -0.15) is 0 Å². The predicted octanol–water partition coefficient (Wildman–Crippen LogP) is 1.80. The highest BCUT2D eigenvalue weighted by atomic mass is 15.2. The van der Waals surface area contributed by atoms with Crippen molar-refractivity contribution < 1.29 is 0 Å². The molecule has 3 rings (SSSR count). The van der Waals surface area contributed by atoms with Crippen LogP contribution >= 0.6 is 0 Å². The molecule has 0 radical (unpaired) electrons. The summed E-state index contributed by atoms with van der Waals surface area (Å²) < 4.78 is 0. The first-order chi connectivity index (χ1) is 8.34. The van der Waals surface area contributed by atoms with Gasteiger partial charge in [-0.1, -0.05) is 24.3 Å². The minimum atomic E-state index is 0.562. The highest BCUT2D eigenvalue weighted by Crippen LogP contribution is 2.23. The minimum absolute atomic E-state index is 0.562. The molecule has 2 aliphatic heterocycles. The lowest BCUT2D eigenvalue weighted by atomic mass is 10.0. The molecule has 2 heterocycles. The molecular weight excluding hydrogens is 210 g/mol. The van der Waals surface area contributed by atoms with Gasteiger partial charge in [0, 0.05) is 25.2 Å². The van der Waals surface area contributed by atoms with E-state index >= 15 is 0 Å². The first-order valence-electron chi connectivity index (χ1n) is 6.44. The number of hydrogen-bond acceptors (Lipinski definition) is 3. The zero-order valence-electron chi connectivity index (χ0n) is 10.3. The fourth-order valence-corrected chi connectivity index (χ4v) is 2.68. The molecule has 1 unspecified atom stereocenters. The molecule has 2 aliphatic rings. The highest BCUT2D eigenvalue weighted by Gasteiger charge is 2.17. The Labute approximate surface area is 103 Å². The molecule has 1 N–H and O–H groups in total. The van der Waals surface area contributed by atoms with Crippen LogP contribution in [0.15, 0.2) is 29.3 Å². The Morgan fingerprint density at radius 1 is 1.29 bits per heavy atom. The number of benzene rings is 1. The van der Waals surface area contributed by atoms with Crippen LogP contribution < -0.4 is 5.32 Å². The van der Waals surface area contributed by atoms with Gasteiger partial charge in [0.2, 0.25) is 0 Å². The van der Waals surface area contributed by atoms with Crippen molar-refractivity contribution >= 4 is 5.84 Å². The van der Waals surface area contributed by atoms with Crippen LogP contribution in [0.2, 0.25) is 0 Å². The number of likely N-dealkylation sites (N-methyl/N-ethyl adjacent to an activating group) is 1. The average molecular weight is 229 g/mol. The van der Waals surface area contributed by atoms with E-state index in [4.69, 9.17) is 0 Å². The number of nitrogens with one attached hydrogen (secondary N) is 1. The zero-order chi connectivity index (χ0) is 11.7. The van der Waals surface area contributed by atoms with Gasteiger partial charge in [0.1, 0.15) is 5.84 Å². The third kappa shape index (κ3) is 2.07. The number of hydrogen-bond donors (Lipinski definition) is 1. The second-order valence-corrected chi connectivity index (χ2v) is 4.90. The number of amidine groups is 1. The molecule has 0 bridgehead atoms. The first-order valence-corrected chi connectivity index (χ1v) is 6.44. The van der Waals surface area contributed by atoms with Gasteiger partial charge < -0.3 is 10.2 Å².